The van der Waals surface area contributed by atoms with Crippen molar-refractivity contribution in [1.29, 1.82) is 0 Å². The third-order valence-electron chi connectivity index (χ3n) is 8.05. The number of nitrogens with zero attached hydrogens (tertiary/aromatic N) is 2. The summed E-state index contributed by atoms with van der Waals surface area (Å²) < 4.78 is 59.9. The van der Waals surface area contributed by atoms with Crippen LogP contribution < -0.4 is 5.32 Å². The molecule has 2 aliphatic heterocycles. The van der Waals surface area contributed by atoms with Crippen molar-refractivity contribution >= 4 is 22.7 Å². The summed E-state index contributed by atoms with van der Waals surface area (Å²) in [5, 5.41) is 2.74. The second-order valence-electron chi connectivity index (χ2n) is 10.5. The lowest BCUT2D eigenvalue weighted by Crippen LogP contribution is -2.46. The summed E-state index contributed by atoms with van der Waals surface area (Å²) in [6.45, 7) is 2.82. The van der Waals surface area contributed by atoms with Gasteiger partial charge in [0.15, 0.2) is 0 Å². The summed E-state index contributed by atoms with van der Waals surface area (Å²) in [5.41, 5.74) is 3.55. The van der Waals surface area contributed by atoms with E-state index in [0.29, 0.717) is 42.7 Å². The van der Waals surface area contributed by atoms with Gasteiger partial charge in [0.05, 0.1) is 17.7 Å². The molecule has 0 radical (unpaired) electrons. The van der Waals surface area contributed by atoms with Crippen LogP contribution in [0.5, 0.6) is 0 Å². The van der Waals surface area contributed by atoms with E-state index in [4.69, 9.17) is 4.74 Å². The van der Waals surface area contributed by atoms with E-state index >= 15 is 0 Å². The van der Waals surface area contributed by atoms with Gasteiger partial charge in [0.25, 0.3) is 5.91 Å². The molecule has 1 aromatic heterocycles. The van der Waals surface area contributed by atoms with E-state index in [9.17, 15) is 27.2 Å². The highest BCUT2D eigenvalue weighted by molar-refractivity contribution is 6.08. The molecule has 2 bridgehead atoms. The van der Waals surface area contributed by atoms with Gasteiger partial charge < -0.3 is 19.5 Å². The highest BCUT2D eigenvalue weighted by Gasteiger charge is 2.45. The molecule has 0 spiro atoms. The molecule has 0 aliphatic carbocycles. The standard InChI is InChI=1S/C29H31F4N3O3/c1-17-4-3-5-22-24(16-35(26(17)22)10-11-39-2)27(37)36-20-7-8-21(36)14-19(13-20)23-12-18(6-9-25(23)30)15-34-28(38)29(31,32)33/h3-6,9,12,16,19-21H,7-8,10-11,13-15H2,1-2H3,(H,34,38). The predicted octanol–water partition coefficient (Wildman–Crippen LogP) is 5.46. The fraction of sp³-hybridized carbons (Fsp3) is 0.448. The number of carbonyl (C=O) groups excluding carboxylic acids is 2. The number of piperidine rings is 1. The Morgan fingerprint density at radius 1 is 1.10 bits per heavy atom. The van der Waals surface area contributed by atoms with Gasteiger partial charge >= 0.3 is 12.1 Å². The predicted molar refractivity (Wildman–Crippen MR) is 138 cm³/mol. The number of benzene rings is 2. The number of ether oxygens (including phenoxy) is 1. The number of amides is 2. The molecule has 3 heterocycles. The summed E-state index contributed by atoms with van der Waals surface area (Å²) in [5.74, 6) is -2.66. The van der Waals surface area contributed by atoms with Crippen LogP contribution in [0.15, 0.2) is 42.6 Å². The second kappa shape index (κ2) is 10.6. The average molecular weight is 546 g/mol. The Labute approximate surface area is 223 Å². The zero-order valence-corrected chi connectivity index (χ0v) is 21.9. The van der Waals surface area contributed by atoms with E-state index in [-0.39, 0.29) is 30.5 Å². The number of para-hydroxylation sites is 1. The van der Waals surface area contributed by atoms with Gasteiger partial charge in [-0.1, -0.05) is 30.3 Å². The molecule has 1 N–H and O–H groups in total. The van der Waals surface area contributed by atoms with Crippen LogP contribution in [0.2, 0.25) is 0 Å². The van der Waals surface area contributed by atoms with Gasteiger partial charge in [0.1, 0.15) is 5.82 Å². The molecule has 5 rings (SSSR count). The maximum atomic E-state index is 14.9. The van der Waals surface area contributed by atoms with E-state index in [1.54, 1.807) is 13.2 Å². The Kier molecular flexibility index (Phi) is 7.41. The van der Waals surface area contributed by atoms with Gasteiger partial charge in [0.2, 0.25) is 0 Å². The number of rotatable bonds is 7. The quantitative estimate of drug-likeness (QED) is 0.401. The minimum Gasteiger partial charge on any atom is -0.383 e. The number of nitrogens with one attached hydrogen (secondary N) is 1. The highest BCUT2D eigenvalue weighted by Crippen LogP contribution is 2.45. The molecular weight excluding hydrogens is 514 g/mol. The zero-order chi connectivity index (χ0) is 27.9. The Morgan fingerprint density at radius 3 is 2.49 bits per heavy atom. The fourth-order valence-corrected chi connectivity index (χ4v) is 6.28. The first-order valence-corrected chi connectivity index (χ1v) is 13.1. The van der Waals surface area contributed by atoms with Gasteiger partial charge in [-0.2, -0.15) is 13.2 Å². The molecule has 208 valence electrons. The molecule has 2 aliphatic rings. The van der Waals surface area contributed by atoms with Gasteiger partial charge in [-0.15, -0.1) is 0 Å². The van der Waals surface area contributed by atoms with Crippen molar-refractivity contribution in [3.8, 4) is 0 Å². The molecule has 2 fully saturated rings. The lowest BCUT2D eigenvalue weighted by molar-refractivity contribution is -0.173. The second-order valence-corrected chi connectivity index (χ2v) is 10.5. The summed E-state index contributed by atoms with van der Waals surface area (Å²) in [6, 6.07) is 9.97. The fourth-order valence-electron chi connectivity index (χ4n) is 6.28. The van der Waals surface area contributed by atoms with Crippen LogP contribution in [0.25, 0.3) is 10.9 Å². The zero-order valence-electron chi connectivity index (χ0n) is 21.9. The Balaban J connectivity index is 1.36. The monoisotopic (exact) mass is 545 g/mol. The summed E-state index contributed by atoms with van der Waals surface area (Å²) >= 11 is 0. The number of carbonyl (C=O) groups is 2. The molecular formula is C29H31F4N3O3. The molecule has 0 saturated carbocycles. The lowest BCUT2D eigenvalue weighted by atomic mass is 9.84. The van der Waals surface area contributed by atoms with Gasteiger partial charge in [0, 0.05) is 43.9 Å². The first-order valence-electron chi connectivity index (χ1n) is 13.1. The van der Waals surface area contributed by atoms with Crippen LogP contribution in [0.3, 0.4) is 0 Å². The van der Waals surface area contributed by atoms with Crippen molar-refractivity contribution in [1.82, 2.24) is 14.8 Å². The van der Waals surface area contributed by atoms with E-state index in [1.807, 2.05) is 41.5 Å². The van der Waals surface area contributed by atoms with Crippen LogP contribution in [0.4, 0.5) is 17.6 Å². The maximum Gasteiger partial charge on any atom is 0.471 e. The molecule has 2 aromatic carbocycles. The smallest absolute Gasteiger partial charge is 0.383 e. The normalized spacial score (nSPS) is 21.0. The molecule has 2 saturated heterocycles. The number of hydrogen-bond donors (Lipinski definition) is 1. The highest BCUT2D eigenvalue weighted by atomic mass is 19.4. The number of aryl methyl sites for hydroxylation is 1. The van der Waals surface area contributed by atoms with E-state index in [0.717, 1.165) is 29.3 Å². The van der Waals surface area contributed by atoms with Crippen molar-refractivity contribution in [3.05, 3.63) is 70.7 Å². The first kappa shape index (κ1) is 27.2. The van der Waals surface area contributed by atoms with E-state index < -0.39 is 17.9 Å². The molecule has 39 heavy (non-hydrogen) atoms. The SMILES string of the molecule is COCCn1cc(C(=O)N2C3CCC2CC(c2cc(CNC(=O)C(F)(F)F)ccc2F)C3)c2cccc(C)c21. The molecule has 2 unspecified atom stereocenters. The van der Waals surface area contributed by atoms with Gasteiger partial charge in [-0.25, -0.2) is 4.39 Å². The number of methoxy groups -OCH3 is 1. The van der Waals surface area contributed by atoms with Crippen LogP contribution in [0.1, 0.15) is 58.6 Å². The van der Waals surface area contributed by atoms with Crippen LogP contribution in [-0.2, 0) is 22.6 Å². The van der Waals surface area contributed by atoms with Gasteiger partial charge in [-0.3, -0.25) is 9.59 Å². The molecule has 2 atom stereocenters. The minimum absolute atomic E-state index is 0.0307. The largest absolute Gasteiger partial charge is 0.471 e. The van der Waals surface area contributed by atoms with Crippen LogP contribution in [0, 0.1) is 12.7 Å². The number of aromatic nitrogens is 1. The Hall–Kier alpha value is -3.40. The lowest BCUT2D eigenvalue weighted by Gasteiger charge is -2.39. The van der Waals surface area contributed by atoms with Gasteiger partial charge in [-0.05, 0) is 61.3 Å². The minimum atomic E-state index is -4.98. The third-order valence-corrected chi connectivity index (χ3v) is 8.05. The van der Waals surface area contributed by atoms with Crippen molar-refractivity contribution in [2.75, 3.05) is 13.7 Å². The summed E-state index contributed by atoms with van der Waals surface area (Å²) in [7, 11) is 1.64. The Morgan fingerprint density at radius 2 is 1.82 bits per heavy atom. The molecule has 6 nitrogen and oxygen atoms in total. The average Bonchev–Trinajstić information content (AvgIpc) is 3.40. The topological polar surface area (TPSA) is 63.6 Å². The van der Waals surface area contributed by atoms with Crippen molar-refractivity contribution < 1.29 is 31.9 Å². The molecule has 10 heteroatoms. The summed E-state index contributed by atoms with van der Waals surface area (Å²) in [6.07, 6.45) is -0.300. The maximum absolute atomic E-state index is 14.9. The van der Waals surface area contributed by atoms with Crippen molar-refractivity contribution in [2.24, 2.45) is 0 Å². The number of alkyl halides is 3. The first-order chi connectivity index (χ1) is 18.6. The molecule has 3 aromatic rings. The third kappa shape index (κ3) is 5.26. The van der Waals surface area contributed by atoms with Crippen LogP contribution in [-0.4, -0.2) is 53.3 Å². The van der Waals surface area contributed by atoms with Crippen LogP contribution >= 0.6 is 0 Å². The molecule has 2 amide bonds. The van der Waals surface area contributed by atoms with E-state index in [1.165, 1.54) is 12.1 Å². The summed E-state index contributed by atoms with van der Waals surface area (Å²) in [4.78, 5) is 27.1. The Bertz CT molecular complexity index is 1390. The van der Waals surface area contributed by atoms with E-state index in [2.05, 4.69) is 4.57 Å². The number of hydrogen-bond acceptors (Lipinski definition) is 3. The van der Waals surface area contributed by atoms with Crippen molar-refractivity contribution in [2.45, 2.75) is 69.9 Å². The number of halogens is 4. The van der Waals surface area contributed by atoms with Crippen molar-refractivity contribution in [3.63, 3.8) is 0 Å². The number of fused-ring (bicyclic) bond motifs is 3.